The molecule has 24 heteroatoms. The lowest BCUT2D eigenvalue weighted by atomic mass is 9.95. The molecule has 0 saturated carbocycles. The Kier molecular flexibility index (Phi) is 11.0. The summed E-state index contributed by atoms with van der Waals surface area (Å²) in [5, 5.41) is 32.0. The van der Waals surface area contributed by atoms with Crippen molar-refractivity contribution in [1.82, 2.24) is 14.5 Å². The molecule has 1 aliphatic rings. The number of phosphoric acid groups is 3. The molecule has 6 atom stereocenters. The summed E-state index contributed by atoms with van der Waals surface area (Å²) in [6.07, 6.45) is -1.89. The van der Waals surface area contributed by atoms with Crippen LogP contribution in [0.1, 0.15) is 49.3 Å². The van der Waals surface area contributed by atoms with Crippen molar-refractivity contribution >= 4 is 46.0 Å². The smallest absolute Gasteiger partial charge is 0.390 e. The molecule has 1 aromatic carbocycles. The van der Waals surface area contributed by atoms with Crippen LogP contribution in [-0.2, 0) is 42.9 Å². The monoisotopic (exact) mass is 722 g/mol. The second-order valence-corrected chi connectivity index (χ2v) is 14.9. The summed E-state index contributed by atoms with van der Waals surface area (Å²) in [5.41, 5.74) is 6.98. The largest absolute Gasteiger partial charge is 0.490 e. The van der Waals surface area contributed by atoms with Crippen molar-refractivity contribution in [2.24, 2.45) is 5.92 Å². The van der Waals surface area contributed by atoms with Crippen molar-refractivity contribution in [1.29, 1.82) is 5.26 Å². The first-order valence-electron chi connectivity index (χ1n) is 13.3. The number of aliphatic hydroxyl groups excluding tert-OH is 1. The Morgan fingerprint density at radius 3 is 2.51 bits per heavy atom. The topological polar surface area (TPSA) is 322 Å². The van der Waals surface area contributed by atoms with E-state index in [1.165, 1.54) is 35.3 Å². The zero-order chi connectivity index (χ0) is 34.9. The number of nitrogens with two attached hydrogens (primary N) is 1. The Hall–Kier alpha value is -3.18. The second kappa shape index (κ2) is 14.1. The maximum atomic E-state index is 12.1. The van der Waals surface area contributed by atoms with Gasteiger partial charge in [-0.15, -0.1) is 0 Å². The predicted molar refractivity (Wildman–Crippen MR) is 156 cm³/mol. The number of benzene rings is 1. The van der Waals surface area contributed by atoms with Crippen LogP contribution in [0.2, 0.25) is 0 Å². The standard InChI is InChI=1S/C23H29N6O15P3/c1-12(2)21(15-5-13(7-24)3-4-16(15)29(31)32)40-9-14-8-28(23-20(14)22(25)26-11-27-23)19-6-17(30)18(42-19)10-41-46(36,37)44-47(38,39)43-45(33,34)35/h3-5,8,11-12,17-19,21,30H,6,9-10H2,1-2H3,(H,36,37)(H,38,39)(H2,25,26,27)(H2,33,34,35)/t17-,18+,19+,21-/m0/s1. The summed E-state index contributed by atoms with van der Waals surface area (Å²) in [5.74, 6) is -0.234. The molecule has 0 spiro atoms. The molecule has 3 aromatic rings. The van der Waals surface area contributed by atoms with E-state index >= 15 is 0 Å². The third kappa shape index (κ3) is 9.04. The van der Waals surface area contributed by atoms with Crippen LogP contribution in [0.25, 0.3) is 11.0 Å². The normalized spacial score (nSPS) is 21.7. The van der Waals surface area contributed by atoms with E-state index in [0.29, 0.717) is 10.9 Å². The van der Waals surface area contributed by atoms with Gasteiger partial charge in [-0.2, -0.15) is 13.9 Å². The van der Waals surface area contributed by atoms with Gasteiger partial charge in [0, 0.05) is 24.2 Å². The van der Waals surface area contributed by atoms with Crippen LogP contribution in [0, 0.1) is 27.4 Å². The lowest BCUT2D eigenvalue weighted by molar-refractivity contribution is -0.386. The first-order valence-corrected chi connectivity index (χ1v) is 17.8. The fourth-order valence-corrected chi connectivity index (χ4v) is 7.89. The van der Waals surface area contributed by atoms with Gasteiger partial charge in [-0.25, -0.2) is 23.7 Å². The summed E-state index contributed by atoms with van der Waals surface area (Å²) in [4.78, 5) is 55.8. The van der Waals surface area contributed by atoms with E-state index in [9.17, 15) is 44.0 Å². The number of aliphatic hydroxyl groups is 1. The Morgan fingerprint density at radius 2 is 1.89 bits per heavy atom. The third-order valence-electron chi connectivity index (χ3n) is 6.73. The van der Waals surface area contributed by atoms with Crippen molar-refractivity contribution in [3.8, 4) is 6.07 Å². The molecule has 47 heavy (non-hydrogen) atoms. The quantitative estimate of drug-likeness (QED) is 0.0791. The van der Waals surface area contributed by atoms with Crippen molar-refractivity contribution in [3.63, 3.8) is 0 Å². The van der Waals surface area contributed by atoms with E-state index in [0.717, 1.165) is 0 Å². The fourth-order valence-electron chi connectivity index (χ4n) is 4.86. The molecule has 0 amide bonds. The highest BCUT2D eigenvalue weighted by atomic mass is 31.3. The number of nitriles is 1. The van der Waals surface area contributed by atoms with E-state index in [1.807, 2.05) is 6.07 Å². The van der Waals surface area contributed by atoms with Gasteiger partial charge in [-0.1, -0.05) is 13.8 Å². The molecule has 1 aliphatic heterocycles. The minimum atomic E-state index is -5.75. The third-order valence-corrected chi connectivity index (χ3v) is 10.5. The van der Waals surface area contributed by atoms with E-state index in [4.69, 9.17) is 25.0 Å². The summed E-state index contributed by atoms with van der Waals surface area (Å²) in [7, 11) is -16.8. The zero-order valence-corrected chi connectivity index (χ0v) is 27.1. The maximum absolute atomic E-state index is 12.1. The first-order chi connectivity index (χ1) is 21.8. The van der Waals surface area contributed by atoms with Crippen LogP contribution in [0.15, 0.2) is 30.7 Å². The number of phosphoric ester groups is 1. The number of aromatic nitrogens is 3. The minimum absolute atomic E-state index is 0.0497. The number of anilines is 1. The molecule has 0 radical (unpaired) electrons. The predicted octanol–water partition coefficient (Wildman–Crippen LogP) is 2.70. The molecule has 0 aliphatic carbocycles. The summed E-state index contributed by atoms with van der Waals surface area (Å²) < 4.78 is 59.9. The van der Waals surface area contributed by atoms with Crippen molar-refractivity contribution in [2.45, 2.75) is 51.4 Å². The van der Waals surface area contributed by atoms with E-state index in [2.05, 4.69) is 23.1 Å². The lowest BCUT2D eigenvalue weighted by Gasteiger charge is -2.22. The van der Waals surface area contributed by atoms with Gasteiger partial charge in [0.25, 0.3) is 5.69 Å². The minimum Gasteiger partial charge on any atom is -0.390 e. The van der Waals surface area contributed by atoms with Gasteiger partial charge in [-0.3, -0.25) is 14.6 Å². The molecular formula is C23H29N6O15P3. The first kappa shape index (κ1) is 36.7. The Labute approximate surface area is 265 Å². The van der Waals surface area contributed by atoms with Gasteiger partial charge in [0.1, 0.15) is 30.1 Å². The van der Waals surface area contributed by atoms with E-state index < -0.39 is 59.5 Å². The molecule has 0 bridgehead atoms. The van der Waals surface area contributed by atoms with Gasteiger partial charge in [0.2, 0.25) is 0 Å². The van der Waals surface area contributed by atoms with E-state index in [1.54, 1.807) is 13.8 Å². The summed E-state index contributed by atoms with van der Waals surface area (Å²) >= 11 is 0. The number of nitrogen functional groups attached to an aromatic ring is 1. The fraction of sp³-hybridized carbons (Fsp3) is 0.435. The van der Waals surface area contributed by atoms with Crippen molar-refractivity contribution < 1.29 is 65.9 Å². The van der Waals surface area contributed by atoms with Gasteiger partial charge in [0.05, 0.1) is 52.9 Å². The number of fused-ring (bicyclic) bond motifs is 1. The number of rotatable bonds is 14. The van der Waals surface area contributed by atoms with Crippen LogP contribution in [0.3, 0.4) is 0 Å². The molecule has 1 fully saturated rings. The second-order valence-electron chi connectivity index (χ2n) is 10.5. The molecule has 7 N–H and O–H groups in total. The Bertz CT molecular complexity index is 1840. The molecule has 21 nitrogen and oxygen atoms in total. The molecule has 2 aromatic heterocycles. The highest BCUT2D eigenvalue weighted by molar-refractivity contribution is 7.66. The van der Waals surface area contributed by atoms with Gasteiger partial charge >= 0.3 is 23.5 Å². The number of nitrogens with zero attached hydrogens (tertiary/aromatic N) is 5. The molecule has 2 unspecified atom stereocenters. The molecular weight excluding hydrogens is 693 g/mol. The summed E-state index contributed by atoms with van der Waals surface area (Å²) in [6.45, 7) is 2.52. The average molecular weight is 722 g/mol. The van der Waals surface area contributed by atoms with Gasteiger partial charge in [0.15, 0.2) is 0 Å². The highest BCUT2D eigenvalue weighted by Crippen LogP contribution is 2.66. The highest BCUT2D eigenvalue weighted by Gasteiger charge is 2.43. The van der Waals surface area contributed by atoms with Crippen LogP contribution in [-0.4, -0.2) is 63.0 Å². The van der Waals surface area contributed by atoms with Crippen LogP contribution >= 0.6 is 23.5 Å². The lowest BCUT2D eigenvalue weighted by Crippen LogP contribution is -2.26. The zero-order valence-electron chi connectivity index (χ0n) is 24.4. The van der Waals surface area contributed by atoms with Crippen LogP contribution in [0.5, 0.6) is 0 Å². The number of hydrogen-bond acceptors (Lipinski definition) is 15. The number of nitro groups is 1. The van der Waals surface area contributed by atoms with Crippen molar-refractivity contribution in [2.75, 3.05) is 12.3 Å². The number of hydrogen-bond donors (Lipinski definition) is 6. The molecule has 4 rings (SSSR count). The Morgan fingerprint density at radius 1 is 1.19 bits per heavy atom. The number of nitro benzene ring substituents is 1. The Balaban J connectivity index is 1.55. The van der Waals surface area contributed by atoms with Crippen LogP contribution in [0.4, 0.5) is 11.5 Å². The summed E-state index contributed by atoms with van der Waals surface area (Å²) in [6, 6.07) is 5.91. The molecule has 1 saturated heterocycles. The van der Waals surface area contributed by atoms with Gasteiger partial charge in [-0.05, 0) is 18.1 Å². The average Bonchev–Trinajstić information content (AvgIpc) is 3.50. The molecule has 3 heterocycles. The van der Waals surface area contributed by atoms with Crippen LogP contribution < -0.4 is 5.73 Å². The maximum Gasteiger partial charge on any atom is 0.490 e. The van der Waals surface area contributed by atoms with Gasteiger partial charge < -0.3 is 44.5 Å². The number of ether oxygens (including phenoxy) is 2. The van der Waals surface area contributed by atoms with Crippen molar-refractivity contribution in [3.05, 3.63) is 57.5 Å². The van der Waals surface area contributed by atoms with E-state index in [-0.39, 0.29) is 47.2 Å². The SMILES string of the molecule is CC(C)[C@H](OCc1cn([C@H]2C[C@H](O)[C@@H](COP(=O)(O)OP(=O)(O)OP(=O)(O)O)O2)c2ncnc(N)c12)c1cc(C#N)ccc1[N+](=O)[O-]. The molecule has 256 valence electrons.